The summed E-state index contributed by atoms with van der Waals surface area (Å²) in [5.74, 6) is 1.05. The van der Waals surface area contributed by atoms with Crippen molar-refractivity contribution in [2.45, 2.75) is 12.5 Å². The molecule has 1 atom stereocenters. The Morgan fingerprint density at radius 2 is 2.24 bits per heavy atom. The highest BCUT2D eigenvalue weighted by Gasteiger charge is 2.28. The summed E-state index contributed by atoms with van der Waals surface area (Å²) in [6.07, 6.45) is 3.25. The van der Waals surface area contributed by atoms with Crippen molar-refractivity contribution in [3.63, 3.8) is 0 Å². The van der Waals surface area contributed by atoms with Gasteiger partial charge in [0.2, 0.25) is 0 Å². The van der Waals surface area contributed by atoms with Crippen LogP contribution in [0.25, 0.3) is 0 Å². The molecule has 2 rings (SSSR count). The number of halogens is 1. The molecule has 2 N–H and O–H groups in total. The van der Waals surface area contributed by atoms with Crippen LogP contribution in [0.2, 0.25) is 5.02 Å². The van der Waals surface area contributed by atoms with E-state index >= 15 is 0 Å². The van der Waals surface area contributed by atoms with E-state index in [9.17, 15) is 5.11 Å². The molecule has 1 heterocycles. The van der Waals surface area contributed by atoms with Crippen molar-refractivity contribution in [1.29, 1.82) is 0 Å². The van der Waals surface area contributed by atoms with Gasteiger partial charge in [-0.3, -0.25) is 0 Å². The zero-order valence-electron chi connectivity index (χ0n) is 9.57. The maximum atomic E-state index is 10.4. The molecule has 5 heteroatoms. The predicted molar refractivity (Wildman–Crippen MR) is 65.3 cm³/mol. The second-order valence-corrected chi connectivity index (χ2v) is 4.27. The number of benzene rings is 1. The van der Waals surface area contributed by atoms with Crippen LogP contribution < -0.4 is 4.74 Å². The van der Waals surface area contributed by atoms with Crippen molar-refractivity contribution in [3.8, 4) is 5.75 Å². The summed E-state index contributed by atoms with van der Waals surface area (Å²) >= 11 is 6.03. The van der Waals surface area contributed by atoms with Crippen LogP contribution in [0.4, 0.5) is 0 Å². The minimum absolute atomic E-state index is 0.455. The fourth-order valence-corrected chi connectivity index (χ4v) is 1.90. The molecule has 0 saturated carbocycles. The lowest BCUT2D eigenvalue weighted by Crippen LogP contribution is -2.24. The maximum Gasteiger partial charge on any atom is 0.144 e. The average Bonchev–Trinajstić information content (AvgIpc) is 2.83. The molecule has 0 bridgehead atoms. The molecule has 0 aliphatic heterocycles. The Hall–Kier alpha value is -1.52. The Morgan fingerprint density at radius 3 is 2.76 bits per heavy atom. The zero-order chi connectivity index (χ0) is 12.5. The minimum Gasteiger partial charge on any atom is -0.495 e. The Morgan fingerprint density at radius 1 is 1.47 bits per heavy atom. The molecule has 0 radical (unpaired) electrons. The number of hydrogen-bond donors (Lipinski definition) is 2. The molecule has 1 aromatic heterocycles. The summed E-state index contributed by atoms with van der Waals surface area (Å²) in [7, 11) is 1.55. The third kappa shape index (κ3) is 2.14. The number of methoxy groups -OCH3 is 1. The molecule has 2 aromatic rings. The summed E-state index contributed by atoms with van der Waals surface area (Å²) in [5.41, 5.74) is -0.558. The van der Waals surface area contributed by atoms with Crippen LogP contribution in [0.5, 0.6) is 5.75 Å². The Bertz CT molecular complexity index is 509. The van der Waals surface area contributed by atoms with Crippen molar-refractivity contribution in [2.24, 2.45) is 0 Å². The van der Waals surface area contributed by atoms with E-state index in [4.69, 9.17) is 16.3 Å². The molecular weight excluding hydrogens is 240 g/mol. The second kappa shape index (κ2) is 4.39. The Labute approximate surface area is 104 Å². The third-order valence-electron chi connectivity index (χ3n) is 2.67. The fourth-order valence-electron chi connectivity index (χ4n) is 1.64. The average molecular weight is 253 g/mol. The van der Waals surface area contributed by atoms with E-state index in [1.54, 1.807) is 44.6 Å². The molecule has 0 amide bonds. The minimum atomic E-state index is -1.21. The summed E-state index contributed by atoms with van der Waals surface area (Å²) in [4.78, 5) is 6.95. The van der Waals surface area contributed by atoms with Crippen LogP contribution in [-0.2, 0) is 5.60 Å². The number of nitrogens with zero attached hydrogens (tertiary/aromatic N) is 1. The number of aliphatic hydroxyl groups is 1. The molecule has 1 unspecified atom stereocenters. The topological polar surface area (TPSA) is 58.1 Å². The molecule has 0 saturated heterocycles. The monoisotopic (exact) mass is 252 g/mol. The van der Waals surface area contributed by atoms with E-state index in [0.717, 1.165) is 0 Å². The molecule has 0 fully saturated rings. The molecule has 0 aliphatic rings. The van der Waals surface area contributed by atoms with Gasteiger partial charge in [0, 0.05) is 12.4 Å². The van der Waals surface area contributed by atoms with E-state index in [2.05, 4.69) is 9.97 Å². The summed E-state index contributed by atoms with van der Waals surface area (Å²) < 4.78 is 5.07. The normalized spacial score (nSPS) is 14.4. The van der Waals surface area contributed by atoms with Crippen molar-refractivity contribution in [2.75, 3.05) is 7.11 Å². The van der Waals surface area contributed by atoms with Gasteiger partial charge < -0.3 is 14.8 Å². The number of ether oxygens (including phenoxy) is 1. The van der Waals surface area contributed by atoms with Crippen molar-refractivity contribution in [1.82, 2.24) is 9.97 Å². The standard InChI is InChI=1S/C12H13ClN2O2/c1-12(16,11-14-5-6-15-11)8-3-4-10(17-2)9(13)7-8/h3-7,16H,1-2H3,(H,14,15). The highest BCUT2D eigenvalue weighted by molar-refractivity contribution is 6.32. The van der Waals surface area contributed by atoms with Gasteiger partial charge >= 0.3 is 0 Å². The van der Waals surface area contributed by atoms with Gasteiger partial charge in [-0.1, -0.05) is 17.7 Å². The number of aromatic amines is 1. The van der Waals surface area contributed by atoms with Gasteiger partial charge in [-0.2, -0.15) is 0 Å². The van der Waals surface area contributed by atoms with E-state index < -0.39 is 5.60 Å². The number of hydrogen-bond acceptors (Lipinski definition) is 3. The highest BCUT2D eigenvalue weighted by Crippen LogP contribution is 2.32. The second-order valence-electron chi connectivity index (χ2n) is 3.86. The van der Waals surface area contributed by atoms with Crippen molar-refractivity contribution in [3.05, 3.63) is 47.0 Å². The van der Waals surface area contributed by atoms with Gasteiger partial charge in [0.1, 0.15) is 17.2 Å². The first-order chi connectivity index (χ1) is 8.05. The molecule has 0 spiro atoms. The van der Waals surface area contributed by atoms with Gasteiger partial charge in [-0.25, -0.2) is 4.98 Å². The lowest BCUT2D eigenvalue weighted by molar-refractivity contribution is 0.0931. The summed E-state index contributed by atoms with van der Waals surface area (Å²) in [6.45, 7) is 1.66. The lowest BCUT2D eigenvalue weighted by atomic mass is 9.95. The first-order valence-corrected chi connectivity index (χ1v) is 5.49. The Kier molecular flexibility index (Phi) is 3.09. The van der Waals surface area contributed by atoms with E-state index in [1.807, 2.05) is 0 Å². The molecule has 17 heavy (non-hydrogen) atoms. The van der Waals surface area contributed by atoms with E-state index in [0.29, 0.717) is 22.2 Å². The molecule has 4 nitrogen and oxygen atoms in total. The van der Waals surface area contributed by atoms with Crippen LogP contribution in [0, 0.1) is 0 Å². The SMILES string of the molecule is COc1ccc(C(C)(O)c2ncc[nH]2)cc1Cl. The van der Waals surface area contributed by atoms with Crippen LogP contribution in [-0.4, -0.2) is 22.2 Å². The fraction of sp³-hybridized carbons (Fsp3) is 0.250. The largest absolute Gasteiger partial charge is 0.495 e. The number of aromatic nitrogens is 2. The first-order valence-electron chi connectivity index (χ1n) is 5.12. The molecule has 90 valence electrons. The van der Waals surface area contributed by atoms with Gasteiger partial charge in [-0.15, -0.1) is 0 Å². The Balaban J connectivity index is 2.43. The molecule has 1 aromatic carbocycles. The number of nitrogens with one attached hydrogen (secondary N) is 1. The van der Waals surface area contributed by atoms with Crippen LogP contribution >= 0.6 is 11.6 Å². The van der Waals surface area contributed by atoms with Gasteiger partial charge in [0.25, 0.3) is 0 Å². The highest BCUT2D eigenvalue weighted by atomic mass is 35.5. The van der Waals surface area contributed by atoms with Crippen LogP contribution in [0.15, 0.2) is 30.6 Å². The molecule has 0 aliphatic carbocycles. The van der Waals surface area contributed by atoms with Gasteiger partial charge in [0.15, 0.2) is 0 Å². The van der Waals surface area contributed by atoms with Gasteiger partial charge in [-0.05, 0) is 24.6 Å². The molecular formula is C12H13ClN2O2. The van der Waals surface area contributed by atoms with E-state index in [1.165, 1.54) is 0 Å². The van der Waals surface area contributed by atoms with Crippen molar-refractivity contribution >= 4 is 11.6 Å². The third-order valence-corrected chi connectivity index (χ3v) is 2.97. The number of H-pyrrole nitrogens is 1. The van der Waals surface area contributed by atoms with Crippen LogP contribution in [0.3, 0.4) is 0 Å². The number of imidazole rings is 1. The van der Waals surface area contributed by atoms with Crippen molar-refractivity contribution < 1.29 is 9.84 Å². The van der Waals surface area contributed by atoms with E-state index in [-0.39, 0.29) is 0 Å². The summed E-state index contributed by atoms with van der Waals surface area (Å²) in [6, 6.07) is 5.14. The quantitative estimate of drug-likeness (QED) is 0.882. The zero-order valence-corrected chi connectivity index (χ0v) is 10.3. The smallest absolute Gasteiger partial charge is 0.144 e. The number of rotatable bonds is 3. The maximum absolute atomic E-state index is 10.4. The van der Waals surface area contributed by atoms with Gasteiger partial charge in [0.05, 0.1) is 12.1 Å². The summed E-state index contributed by atoms with van der Waals surface area (Å²) in [5, 5.41) is 10.9. The lowest BCUT2D eigenvalue weighted by Gasteiger charge is -2.22. The van der Waals surface area contributed by atoms with Crippen LogP contribution in [0.1, 0.15) is 18.3 Å². The first kappa shape index (κ1) is 12.0. The predicted octanol–water partition coefficient (Wildman–Crippen LogP) is 2.33.